The first-order chi connectivity index (χ1) is 18.1. The van der Waals surface area contributed by atoms with Crippen molar-refractivity contribution >= 4 is 45.3 Å². The van der Waals surface area contributed by atoms with Gasteiger partial charge in [0.15, 0.2) is 0 Å². The van der Waals surface area contributed by atoms with E-state index in [1.54, 1.807) is 54.1 Å². The van der Waals surface area contributed by atoms with Crippen LogP contribution in [0.5, 0.6) is 0 Å². The standard InChI is InChI=1S/C28H21ClN4O3S/c29-19-5-3-4-18(14-19)23-13-12-21(36-23)15-31-32-26(34)17-8-10-20(11-9-17)33-16-30-27-25(28(33)35)22-6-1-2-7-24(22)37-27/h3-5,8-16H,1-2,6-7H2,(H,32,34)/b31-15+. The van der Waals surface area contributed by atoms with Crippen LogP contribution in [0.25, 0.3) is 27.2 Å². The van der Waals surface area contributed by atoms with Crippen molar-refractivity contribution in [3.8, 4) is 17.0 Å². The van der Waals surface area contributed by atoms with Crippen LogP contribution in [-0.4, -0.2) is 21.7 Å². The summed E-state index contributed by atoms with van der Waals surface area (Å²) in [6.45, 7) is 0. The van der Waals surface area contributed by atoms with Gasteiger partial charge in [0.2, 0.25) is 0 Å². The predicted molar refractivity (Wildman–Crippen MR) is 146 cm³/mol. The minimum absolute atomic E-state index is 0.0678. The van der Waals surface area contributed by atoms with Crippen molar-refractivity contribution in [3.05, 3.63) is 104 Å². The highest BCUT2D eigenvalue weighted by molar-refractivity contribution is 7.18. The topological polar surface area (TPSA) is 89.5 Å². The van der Waals surface area contributed by atoms with Crippen molar-refractivity contribution in [2.75, 3.05) is 0 Å². The van der Waals surface area contributed by atoms with E-state index < -0.39 is 0 Å². The van der Waals surface area contributed by atoms with E-state index in [4.69, 9.17) is 16.0 Å². The number of benzene rings is 2. The molecule has 1 aliphatic rings. The van der Waals surface area contributed by atoms with Crippen LogP contribution in [0.4, 0.5) is 0 Å². The highest BCUT2D eigenvalue weighted by Crippen LogP contribution is 2.33. The van der Waals surface area contributed by atoms with Gasteiger partial charge in [-0.05, 0) is 79.8 Å². The Kier molecular flexibility index (Phi) is 6.20. The number of nitrogens with zero attached hydrogens (tertiary/aromatic N) is 3. The summed E-state index contributed by atoms with van der Waals surface area (Å²) in [5, 5.41) is 5.35. The lowest BCUT2D eigenvalue weighted by Gasteiger charge is -2.10. The van der Waals surface area contributed by atoms with Gasteiger partial charge in [-0.2, -0.15) is 5.10 Å². The molecule has 0 fully saturated rings. The zero-order valence-electron chi connectivity index (χ0n) is 19.6. The second-order valence-corrected chi connectivity index (χ2v) is 10.3. The zero-order valence-corrected chi connectivity index (χ0v) is 21.2. The van der Waals surface area contributed by atoms with Crippen LogP contribution in [-0.2, 0) is 12.8 Å². The van der Waals surface area contributed by atoms with E-state index in [0.29, 0.717) is 27.8 Å². The molecule has 0 atom stereocenters. The molecule has 1 N–H and O–H groups in total. The summed E-state index contributed by atoms with van der Waals surface area (Å²) < 4.78 is 7.29. The number of hydrogen-bond acceptors (Lipinski definition) is 6. The molecule has 3 heterocycles. The Morgan fingerprint density at radius 1 is 1.11 bits per heavy atom. The fourth-order valence-electron chi connectivity index (χ4n) is 4.54. The fourth-order valence-corrected chi connectivity index (χ4v) is 5.95. The highest BCUT2D eigenvalue weighted by Gasteiger charge is 2.20. The van der Waals surface area contributed by atoms with E-state index in [1.807, 2.05) is 24.3 Å². The summed E-state index contributed by atoms with van der Waals surface area (Å²) in [5.74, 6) is 0.762. The summed E-state index contributed by atoms with van der Waals surface area (Å²) in [7, 11) is 0. The average Bonchev–Trinajstić information content (AvgIpc) is 3.54. The Balaban J connectivity index is 1.16. The maximum Gasteiger partial charge on any atom is 0.271 e. The number of aryl methyl sites for hydroxylation is 2. The molecule has 0 radical (unpaired) electrons. The van der Waals surface area contributed by atoms with E-state index >= 15 is 0 Å². The molecule has 0 saturated heterocycles. The number of fused-ring (bicyclic) bond motifs is 3. The molecule has 0 spiro atoms. The Morgan fingerprint density at radius 3 is 2.78 bits per heavy atom. The molecule has 0 aliphatic heterocycles. The number of aromatic nitrogens is 2. The van der Waals surface area contributed by atoms with Crippen LogP contribution >= 0.6 is 22.9 Å². The first-order valence-electron chi connectivity index (χ1n) is 11.9. The first kappa shape index (κ1) is 23.4. The first-order valence-corrected chi connectivity index (χ1v) is 13.1. The quantitative estimate of drug-likeness (QED) is 0.224. The molecule has 0 bridgehead atoms. The number of rotatable bonds is 5. The lowest BCUT2D eigenvalue weighted by Crippen LogP contribution is -2.20. The van der Waals surface area contributed by atoms with Crippen LogP contribution in [0.1, 0.15) is 39.4 Å². The van der Waals surface area contributed by atoms with Crippen LogP contribution in [0.15, 0.2) is 81.3 Å². The highest BCUT2D eigenvalue weighted by atomic mass is 35.5. The van der Waals surface area contributed by atoms with E-state index in [9.17, 15) is 9.59 Å². The number of thiophene rings is 1. The van der Waals surface area contributed by atoms with E-state index in [1.165, 1.54) is 15.7 Å². The maximum atomic E-state index is 13.3. The van der Waals surface area contributed by atoms with Crippen molar-refractivity contribution in [2.24, 2.45) is 5.10 Å². The lowest BCUT2D eigenvalue weighted by atomic mass is 9.97. The average molecular weight is 529 g/mol. The number of furan rings is 1. The van der Waals surface area contributed by atoms with Gasteiger partial charge in [0.1, 0.15) is 22.7 Å². The van der Waals surface area contributed by atoms with Gasteiger partial charge in [0.05, 0.1) is 17.3 Å². The molecule has 37 heavy (non-hydrogen) atoms. The predicted octanol–water partition coefficient (Wildman–Crippen LogP) is 6.00. The minimum atomic E-state index is -0.378. The molecule has 0 saturated carbocycles. The second kappa shape index (κ2) is 9.80. The number of carbonyl (C=O) groups excluding carboxylic acids is 1. The molecule has 1 aliphatic carbocycles. The van der Waals surface area contributed by atoms with Crippen molar-refractivity contribution in [3.63, 3.8) is 0 Å². The van der Waals surface area contributed by atoms with Gasteiger partial charge in [-0.1, -0.05) is 23.7 Å². The SMILES string of the molecule is O=C(N/N=C/c1ccc(-c2cccc(Cl)c2)o1)c1ccc(-n2cnc3sc4c(c3c2=O)CCCC4)cc1. The smallest absolute Gasteiger partial charge is 0.271 e. The van der Waals surface area contributed by atoms with Crippen LogP contribution in [0.2, 0.25) is 5.02 Å². The molecule has 2 aromatic carbocycles. The Hall–Kier alpha value is -4.01. The molecule has 184 valence electrons. The zero-order chi connectivity index (χ0) is 25.4. The van der Waals surface area contributed by atoms with Gasteiger partial charge >= 0.3 is 0 Å². The molecular formula is C28H21ClN4O3S. The molecule has 3 aromatic heterocycles. The van der Waals surface area contributed by atoms with Gasteiger partial charge in [-0.15, -0.1) is 11.3 Å². The number of hydrazone groups is 1. The van der Waals surface area contributed by atoms with Crippen molar-refractivity contribution in [1.82, 2.24) is 15.0 Å². The van der Waals surface area contributed by atoms with E-state index in [2.05, 4.69) is 15.5 Å². The fraction of sp³-hybridized carbons (Fsp3) is 0.143. The maximum absolute atomic E-state index is 13.3. The third-order valence-electron chi connectivity index (χ3n) is 6.38. The Bertz CT molecular complexity index is 1720. The van der Waals surface area contributed by atoms with Crippen LogP contribution in [0, 0.1) is 0 Å². The second-order valence-electron chi connectivity index (χ2n) is 8.77. The molecule has 1 amide bonds. The van der Waals surface area contributed by atoms with Crippen molar-refractivity contribution in [1.29, 1.82) is 0 Å². The third kappa shape index (κ3) is 4.61. The molecule has 0 unspecified atom stereocenters. The van der Waals surface area contributed by atoms with E-state index in [0.717, 1.165) is 47.0 Å². The van der Waals surface area contributed by atoms with E-state index in [-0.39, 0.29) is 11.5 Å². The normalized spacial score (nSPS) is 13.2. The van der Waals surface area contributed by atoms with Crippen molar-refractivity contribution in [2.45, 2.75) is 25.7 Å². The van der Waals surface area contributed by atoms with Gasteiger partial charge in [0.25, 0.3) is 11.5 Å². The Morgan fingerprint density at radius 2 is 1.95 bits per heavy atom. The molecule has 6 rings (SSSR count). The molecule has 7 nitrogen and oxygen atoms in total. The van der Waals surface area contributed by atoms with Gasteiger partial charge in [0, 0.05) is 21.0 Å². The summed E-state index contributed by atoms with van der Waals surface area (Å²) in [6.07, 6.45) is 7.20. The minimum Gasteiger partial charge on any atom is -0.455 e. The summed E-state index contributed by atoms with van der Waals surface area (Å²) in [6, 6.07) is 17.7. The monoisotopic (exact) mass is 528 g/mol. The molecule has 5 aromatic rings. The third-order valence-corrected chi connectivity index (χ3v) is 7.81. The molecule has 9 heteroatoms. The number of carbonyl (C=O) groups is 1. The lowest BCUT2D eigenvalue weighted by molar-refractivity contribution is 0.0955. The summed E-state index contributed by atoms with van der Waals surface area (Å²) in [5.41, 5.74) is 5.50. The summed E-state index contributed by atoms with van der Waals surface area (Å²) in [4.78, 5) is 32.5. The van der Waals surface area contributed by atoms with Crippen LogP contribution in [0.3, 0.4) is 0 Å². The summed E-state index contributed by atoms with van der Waals surface area (Å²) >= 11 is 7.67. The Labute approximate surface area is 221 Å². The van der Waals surface area contributed by atoms with Gasteiger partial charge in [-0.3, -0.25) is 14.2 Å². The van der Waals surface area contributed by atoms with Crippen LogP contribution < -0.4 is 11.0 Å². The van der Waals surface area contributed by atoms with Gasteiger partial charge in [-0.25, -0.2) is 10.4 Å². The van der Waals surface area contributed by atoms with Crippen molar-refractivity contribution < 1.29 is 9.21 Å². The number of halogens is 1. The van der Waals surface area contributed by atoms with Gasteiger partial charge < -0.3 is 4.42 Å². The number of amides is 1. The number of nitrogens with one attached hydrogen (secondary N) is 1. The largest absolute Gasteiger partial charge is 0.455 e. The molecular weight excluding hydrogens is 508 g/mol. The number of hydrogen-bond donors (Lipinski definition) is 1.